The summed E-state index contributed by atoms with van der Waals surface area (Å²) in [5.74, 6) is 0.377. The maximum Gasteiger partial charge on any atom is 0.253 e. The largest absolute Gasteiger partial charge is 0.472 e. The van der Waals surface area contributed by atoms with E-state index in [0.29, 0.717) is 37.6 Å². The maximum absolute atomic E-state index is 12.9. The number of benzene rings is 1. The minimum absolute atomic E-state index is 0.119. The van der Waals surface area contributed by atoms with Crippen LogP contribution in [0.3, 0.4) is 0 Å². The molecule has 0 bridgehead atoms. The van der Waals surface area contributed by atoms with Gasteiger partial charge in [-0.25, -0.2) is 18.4 Å². The Kier molecular flexibility index (Phi) is 5.77. The van der Waals surface area contributed by atoms with Gasteiger partial charge in [-0.05, 0) is 49.9 Å². The van der Waals surface area contributed by atoms with Crippen molar-refractivity contribution in [3.8, 4) is 5.88 Å². The normalized spacial score (nSPS) is 20.6. The molecule has 1 aromatic heterocycles. The number of nitrogens with zero attached hydrogens (tertiary/aromatic N) is 4. The van der Waals surface area contributed by atoms with E-state index in [-0.39, 0.29) is 16.9 Å². The molecule has 0 saturated carbocycles. The van der Waals surface area contributed by atoms with E-state index in [9.17, 15) is 13.2 Å². The summed E-state index contributed by atoms with van der Waals surface area (Å²) in [6.07, 6.45) is 6.39. The van der Waals surface area contributed by atoms with Gasteiger partial charge in [0.2, 0.25) is 15.9 Å². The van der Waals surface area contributed by atoms with E-state index < -0.39 is 10.0 Å². The standard InChI is InChI=1S/C20H24N4O4S/c25-20(23-11-3-4-17(14-23)28-19-9-10-21-15-22-19)16-5-7-18(8-6-16)29(26,27)24-12-1-2-13-24/h5-10,15,17H,1-4,11-14H2. The third-order valence-electron chi connectivity index (χ3n) is 5.31. The fourth-order valence-corrected chi connectivity index (χ4v) is 5.28. The summed E-state index contributed by atoms with van der Waals surface area (Å²) in [5.41, 5.74) is 0.480. The summed E-state index contributed by atoms with van der Waals surface area (Å²) >= 11 is 0. The van der Waals surface area contributed by atoms with Crippen molar-refractivity contribution >= 4 is 15.9 Å². The highest BCUT2D eigenvalue weighted by Crippen LogP contribution is 2.22. The fraction of sp³-hybridized carbons (Fsp3) is 0.450. The lowest BCUT2D eigenvalue weighted by Gasteiger charge is -2.32. The lowest BCUT2D eigenvalue weighted by atomic mass is 10.1. The molecule has 0 spiro atoms. The van der Waals surface area contributed by atoms with E-state index >= 15 is 0 Å². The highest BCUT2D eigenvalue weighted by atomic mass is 32.2. The first kappa shape index (κ1) is 19.8. The molecule has 1 amide bonds. The van der Waals surface area contributed by atoms with Gasteiger partial charge in [0.25, 0.3) is 5.91 Å². The van der Waals surface area contributed by atoms with E-state index in [0.717, 1.165) is 25.7 Å². The number of sulfonamides is 1. The van der Waals surface area contributed by atoms with Crippen LogP contribution in [0.5, 0.6) is 5.88 Å². The quantitative estimate of drug-likeness (QED) is 0.740. The Hall–Kier alpha value is -2.52. The smallest absolute Gasteiger partial charge is 0.253 e. The van der Waals surface area contributed by atoms with Gasteiger partial charge in [0.05, 0.1) is 11.4 Å². The summed E-state index contributed by atoms with van der Waals surface area (Å²) in [7, 11) is -3.47. The number of piperidine rings is 1. The molecule has 154 valence electrons. The van der Waals surface area contributed by atoms with Crippen LogP contribution in [-0.2, 0) is 10.0 Å². The number of carbonyl (C=O) groups excluding carboxylic acids is 1. The van der Waals surface area contributed by atoms with E-state index in [4.69, 9.17) is 4.74 Å². The zero-order chi connectivity index (χ0) is 20.3. The number of ether oxygens (including phenoxy) is 1. The lowest BCUT2D eigenvalue weighted by molar-refractivity contribution is 0.0527. The number of likely N-dealkylation sites (tertiary alicyclic amines) is 1. The third-order valence-corrected chi connectivity index (χ3v) is 7.22. The van der Waals surface area contributed by atoms with Gasteiger partial charge in [0.15, 0.2) is 0 Å². The minimum Gasteiger partial charge on any atom is -0.472 e. The molecule has 2 saturated heterocycles. The molecule has 0 radical (unpaired) electrons. The first-order valence-electron chi connectivity index (χ1n) is 9.86. The first-order valence-corrected chi connectivity index (χ1v) is 11.3. The Bertz CT molecular complexity index is 944. The topological polar surface area (TPSA) is 92.7 Å². The average molecular weight is 417 g/mol. The van der Waals surface area contributed by atoms with Gasteiger partial charge in [-0.15, -0.1) is 0 Å². The molecule has 8 nitrogen and oxygen atoms in total. The third kappa shape index (κ3) is 4.40. The molecular formula is C20H24N4O4S. The predicted molar refractivity (Wildman–Crippen MR) is 106 cm³/mol. The average Bonchev–Trinajstić information content (AvgIpc) is 3.30. The second-order valence-electron chi connectivity index (χ2n) is 7.32. The molecule has 2 aliphatic heterocycles. The predicted octanol–water partition coefficient (Wildman–Crippen LogP) is 1.94. The van der Waals surface area contributed by atoms with Gasteiger partial charge in [-0.2, -0.15) is 4.31 Å². The maximum atomic E-state index is 12.9. The van der Waals surface area contributed by atoms with E-state index in [1.54, 1.807) is 29.3 Å². The summed E-state index contributed by atoms with van der Waals surface area (Å²) in [4.78, 5) is 22.8. The number of amides is 1. The molecule has 0 aliphatic carbocycles. The molecule has 1 aromatic carbocycles. The second-order valence-corrected chi connectivity index (χ2v) is 9.25. The van der Waals surface area contributed by atoms with Gasteiger partial charge >= 0.3 is 0 Å². The fourth-order valence-electron chi connectivity index (χ4n) is 3.77. The molecule has 3 heterocycles. The van der Waals surface area contributed by atoms with Crippen molar-refractivity contribution in [2.75, 3.05) is 26.2 Å². The molecule has 9 heteroatoms. The van der Waals surface area contributed by atoms with Crippen molar-refractivity contribution in [1.29, 1.82) is 0 Å². The number of hydrogen-bond donors (Lipinski definition) is 0. The van der Waals surface area contributed by atoms with Crippen LogP contribution in [-0.4, -0.2) is 65.8 Å². The Morgan fingerprint density at radius 2 is 1.79 bits per heavy atom. The number of aromatic nitrogens is 2. The van der Waals surface area contributed by atoms with Crippen LogP contribution in [0.15, 0.2) is 47.8 Å². The molecule has 2 fully saturated rings. The zero-order valence-electron chi connectivity index (χ0n) is 16.1. The molecule has 29 heavy (non-hydrogen) atoms. The molecule has 4 rings (SSSR count). The molecule has 2 aliphatic rings. The Balaban J connectivity index is 1.42. The Labute approximate surface area is 170 Å². The number of carbonyl (C=O) groups is 1. The van der Waals surface area contributed by atoms with Crippen LogP contribution in [0.25, 0.3) is 0 Å². The summed E-state index contributed by atoms with van der Waals surface area (Å²) in [5, 5.41) is 0. The van der Waals surface area contributed by atoms with Gasteiger partial charge < -0.3 is 9.64 Å². The Morgan fingerprint density at radius 1 is 1.03 bits per heavy atom. The van der Waals surface area contributed by atoms with Crippen LogP contribution in [0, 0.1) is 0 Å². The molecule has 1 atom stereocenters. The van der Waals surface area contributed by atoms with Gasteiger partial charge in [0.1, 0.15) is 12.4 Å². The number of rotatable bonds is 5. The van der Waals surface area contributed by atoms with E-state index in [1.165, 1.54) is 22.8 Å². The molecule has 0 N–H and O–H groups in total. The molecular weight excluding hydrogens is 392 g/mol. The van der Waals surface area contributed by atoms with Crippen LogP contribution >= 0.6 is 0 Å². The first-order chi connectivity index (χ1) is 14.0. The van der Waals surface area contributed by atoms with Crippen molar-refractivity contribution < 1.29 is 17.9 Å². The molecule has 2 aromatic rings. The lowest BCUT2D eigenvalue weighted by Crippen LogP contribution is -2.44. The van der Waals surface area contributed by atoms with Crippen molar-refractivity contribution in [1.82, 2.24) is 19.2 Å². The van der Waals surface area contributed by atoms with Crippen molar-refractivity contribution in [2.45, 2.75) is 36.7 Å². The van der Waals surface area contributed by atoms with Gasteiger partial charge in [-0.3, -0.25) is 4.79 Å². The zero-order valence-corrected chi connectivity index (χ0v) is 16.9. The number of hydrogen-bond acceptors (Lipinski definition) is 6. The van der Waals surface area contributed by atoms with E-state index in [1.807, 2.05) is 0 Å². The summed E-state index contributed by atoms with van der Waals surface area (Å²) < 4.78 is 32.6. The van der Waals surface area contributed by atoms with E-state index in [2.05, 4.69) is 9.97 Å². The van der Waals surface area contributed by atoms with Gasteiger partial charge in [0, 0.05) is 37.5 Å². The Morgan fingerprint density at radius 3 is 2.48 bits per heavy atom. The molecule has 1 unspecified atom stereocenters. The SMILES string of the molecule is O=C(c1ccc(S(=O)(=O)N2CCCC2)cc1)N1CCCC(Oc2ccncn2)C1. The van der Waals surface area contributed by atoms with Crippen LogP contribution < -0.4 is 4.74 Å². The van der Waals surface area contributed by atoms with Crippen molar-refractivity contribution in [3.05, 3.63) is 48.4 Å². The van der Waals surface area contributed by atoms with Gasteiger partial charge in [-0.1, -0.05) is 0 Å². The van der Waals surface area contributed by atoms with Crippen LogP contribution in [0.2, 0.25) is 0 Å². The monoisotopic (exact) mass is 416 g/mol. The highest BCUT2D eigenvalue weighted by molar-refractivity contribution is 7.89. The minimum atomic E-state index is -3.47. The van der Waals surface area contributed by atoms with Crippen molar-refractivity contribution in [2.24, 2.45) is 0 Å². The second kappa shape index (κ2) is 8.46. The summed E-state index contributed by atoms with van der Waals surface area (Å²) in [6, 6.07) is 7.94. The summed E-state index contributed by atoms with van der Waals surface area (Å²) in [6.45, 7) is 2.24. The highest BCUT2D eigenvalue weighted by Gasteiger charge is 2.29. The van der Waals surface area contributed by atoms with Crippen LogP contribution in [0.1, 0.15) is 36.0 Å². The van der Waals surface area contributed by atoms with Crippen molar-refractivity contribution in [3.63, 3.8) is 0 Å². The van der Waals surface area contributed by atoms with Crippen LogP contribution in [0.4, 0.5) is 0 Å².